The van der Waals surface area contributed by atoms with E-state index in [0.29, 0.717) is 12.2 Å². The van der Waals surface area contributed by atoms with Gasteiger partial charge in [0.1, 0.15) is 5.75 Å². The van der Waals surface area contributed by atoms with Gasteiger partial charge in [0.2, 0.25) is 0 Å². The lowest BCUT2D eigenvalue weighted by Gasteiger charge is -2.10. The van der Waals surface area contributed by atoms with Crippen LogP contribution in [0, 0.1) is 0 Å². The number of anilines is 1. The smallest absolute Gasteiger partial charge is 0.255 e. The Bertz CT molecular complexity index is 596. The standard InChI is InChI=1S/C17H19NO2S/c1-3-20-14-11-9-13(10-12-14)17(19)18-15-7-5-6-8-16(15)21-4-2/h5-12H,3-4H2,1-2H3,(H,18,19). The second-order valence-electron chi connectivity index (χ2n) is 4.34. The van der Waals surface area contributed by atoms with Gasteiger partial charge >= 0.3 is 0 Å². The molecule has 0 fully saturated rings. The highest BCUT2D eigenvalue weighted by atomic mass is 32.2. The number of carbonyl (C=O) groups excluding carboxylic acids is 1. The Kier molecular flexibility index (Phi) is 5.69. The number of ether oxygens (including phenoxy) is 1. The molecule has 2 rings (SSSR count). The second-order valence-corrected chi connectivity index (χ2v) is 5.65. The summed E-state index contributed by atoms with van der Waals surface area (Å²) >= 11 is 1.71. The lowest BCUT2D eigenvalue weighted by molar-refractivity contribution is 0.102. The highest BCUT2D eigenvalue weighted by molar-refractivity contribution is 7.99. The summed E-state index contributed by atoms with van der Waals surface area (Å²) < 4.78 is 5.37. The van der Waals surface area contributed by atoms with Crippen molar-refractivity contribution in [3.05, 3.63) is 54.1 Å². The molecule has 0 aromatic heterocycles. The number of hydrogen-bond donors (Lipinski definition) is 1. The molecule has 4 heteroatoms. The van der Waals surface area contributed by atoms with Gasteiger partial charge in [-0.15, -0.1) is 11.8 Å². The van der Waals surface area contributed by atoms with E-state index in [9.17, 15) is 4.79 Å². The van der Waals surface area contributed by atoms with Gasteiger partial charge in [-0.25, -0.2) is 0 Å². The third kappa shape index (κ3) is 4.26. The molecule has 21 heavy (non-hydrogen) atoms. The van der Waals surface area contributed by atoms with Gasteiger partial charge in [-0.05, 0) is 49.1 Å². The number of nitrogens with one attached hydrogen (secondary N) is 1. The fourth-order valence-corrected chi connectivity index (χ4v) is 2.68. The van der Waals surface area contributed by atoms with E-state index in [1.165, 1.54) is 0 Å². The summed E-state index contributed by atoms with van der Waals surface area (Å²) in [6, 6.07) is 15.0. The van der Waals surface area contributed by atoms with Crippen LogP contribution in [0.3, 0.4) is 0 Å². The monoisotopic (exact) mass is 301 g/mol. The summed E-state index contributed by atoms with van der Waals surface area (Å²) in [6.45, 7) is 4.64. The lowest BCUT2D eigenvalue weighted by atomic mass is 10.2. The van der Waals surface area contributed by atoms with Gasteiger partial charge in [0.05, 0.1) is 12.3 Å². The fraction of sp³-hybridized carbons (Fsp3) is 0.235. The van der Waals surface area contributed by atoms with E-state index in [2.05, 4.69) is 12.2 Å². The molecule has 1 amide bonds. The van der Waals surface area contributed by atoms with Crippen LogP contribution in [0.1, 0.15) is 24.2 Å². The van der Waals surface area contributed by atoms with E-state index in [1.807, 2.05) is 43.3 Å². The maximum Gasteiger partial charge on any atom is 0.255 e. The van der Waals surface area contributed by atoms with Gasteiger partial charge in [0, 0.05) is 10.5 Å². The Balaban J connectivity index is 2.10. The molecule has 0 aliphatic heterocycles. The zero-order chi connectivity index (χ0) is 15.1. The highest BCUT2D eigenvalue weighted by Gasteiger charge is 2.09. The quantitative estimate of drug-likeness (QED) is 0.801. The van der Waals surface area contributed by atoms with Gasteiger partial charge in [0.25, 0.3) is 5.91 Å². The van der Waals surface area contributed by atoms with Crippen molar-refractivity contribution in [1.29, 1.82) is 0 Å². The second kappa shape index (κ2) is 7.74. The molecule has 0 unspecified atom stereocenters. The summed E-state index contributed by atoms with van der Waals surface area (Å²) in [7, 11) is 0. The molecule has 0 aliphatic carbocycles. The van der Waals surface area contributed by atoms with Crippen LogP contribution < -0.4 is 10.1 Å². The summed E-state index contributed by atoms with van der Waals surface area (Å²) in [5.41, 5.74) is 1.47. The number of hydrogen-bond acceptors (Lipinski definition) is 3. The molecule has 0 heterocycles. The normalized spacial score (nSPS) is 10.2. The molecule has 0 radical (unpaired) electrons. The number of carbonyl (C=O) groups is 1. The first kappa shape index (κ1) is 15.4. The maximum atomic E-state index is 12.3. The van der Waals surface area contributed by atoms with Crippen LogP contribution in [0.15, 0.2) is 53.4 Å². The van der Waals surface area contributed by atoms with E-state index in [0.717, 1.165) is 22.1 Å². The van der Waals surface area contributed by atoms with Crippen molar-refractivity contribution in [2.24, 2.45) is 0 Å². The van der Waals surface area contributed by atoms with Crippen LogP contribution in [0.4, 0.5) is 5.69 Å². The molecule has 3 nitrogen and oxygen atoms in total. The topological polar surface area (TPSA) is 38.3 Å². The summed E-state index contributed by atoms with van der Waals surface area (Å²) in [6.07, 6.45) is 0. The SMILES string of the molecule is CCOc1ccc(C(=O)Nc2ccccc2SCC)cc1. The molecule has 2 aromatic carbocycles. The largest absolute Gasteiger partial charge is 0.494 e. The van der Waals surface area contributed by atoms with E-state index in [-0.39, 0.29) is 5.91 Å². The third-order valence-corrected chi connectivity index (χ3v) is 3.82. The van der Waals surface area contributed by atoms with Crippen molar-refractivity contribution in [3.63, 3.8) is 0 Å². The predicted molar refractivity (Wildman–Crippen MR) is 88.4 cm³/mol. The Morgan fingerprint density at radius 3 is 2.48 bits per heavy atom. The first-order valence-electron chi connectivity index (χ1n) is 7.00. The number of rotatable bonds is 6. The summed E-state index contributed by atoms with van der Waals surface area (Å²) in [4.78, 5) is 13.4. The fourth-order valence-electron chi connectivity index (χ4n) is 1.91. The number of thioether (sulfide) groups is 1. The first-order chi connectivity index (χ1) is 10.2. The Hall–Kier alpha value is -1.94. The van der Waals surface area contributed by atoms with Crippen LogP contribution in [0.2, 0.25) is 0 Å². The van der Waals surface area contributed by atoms with Crippen molar-refractivity contribution in [3.8, 4) is 5.75 Å². The average molecular weight is 301 g/mol. The molecule has 110 valence electrons. The highest BCUT2D eigenvalue weighted by Crippen LogP contribution is 2.27. The summed E-state index contributed by atoms with van der Waals surface area (Å²) in [5.74, 6) is 1.63. The van der Waals surface area contributed by atoms with Crippen LogP contribution in [0.5, 0.6) is 5.75 Å². The van der Waals surface area contributed by atoms with Crippen molar-refractivity contribution < 1.29 is 9.53 Å². The van der Waals surface area contributed by atoms with Gasteiger partial charge in [-0.2, -0.15) is 0 Å². The van der Waals surface area contributed by atoms with Gasteiger partial charge in [-0.3, -0.25) is 4.79 Å². The molecular weight excluding hydrogens is 282 g/mol. The van der Waals surface area contributed by atoms with E-state index >= 15 is 0 Å². The maximum absolute atomic E-state index is 12.3. The molecule has 0 spiro atoms. The Morgan fingerprint density at radius 2 is 1.81 bits per heavy atom. The molecule has 1 N–H and O–H groups in total. The molecule has 0 saturated heterocycles. The van der Waals surface area contributed by atoms with Crippen molar-refractivity contribution in [2.75, 3.05) is 17.7 Å². The van der Waals surface area contributed by atoms with Crippen LogP contribution in [-0.4, -0.2) is 18.3 Å². The lowest BCUT2D eigenvalue weighted by Crippen LogP contribution is -2.12. The Labute approximate surface area is 129 Å². The minimum absolute atomic E-state index is 0.109. The Morgan fingerprint density at radius 1 is 1.10 bits per heavy atom. The number of benzene rings is 2. The van der Waals surface area contributed by atoms with Crippen LogP contribution in [0.25, 0.3) is 0 Å². The zero-order valence-electron chi connectivity index (χ0n) is 12.3. The predicted octanol–water partition coefficient (Wildman–Crippen LogP) is 4.45. The van der Waals surface area contributed by atoms with Gasteiger partial charge in [-0.1, -0.05) is 19.1 Å². The van der Waals surface area contributed by atoms with Crippen molar-refractivity contribution in [2.45, 2.75) is 18.7 Å². The van der Waals surface area contributed by atoms with Crippen molar-refractivity contribution in [1.82, 2.24) is 0 Å². The molecule has 0 atom stereocenters. The molecule has 0 bridgehead atoms. The molecule has 0 saturated carbocycles. The number of amides is 1. The molecule has 0 aliphatic rings. The molecule has 2 aromatic rings. The minimum atomic E-state index is -0.109. The van der Waals surface area contributed by atoms with Gasteiger partial charge < -0.3 is 10.1 Å². The molecular formula is C17H19NO2S. The van der Waals surface area contributed by atoms with Crippen LogP contribution >= 0.6 is 11.8 Å². The summed E-state index contributed by atoms with van der Waals surface area (Å²) in [5, 5.41) is 2.96. The van der Waals surface area contributed by atoms with E-state index in [4.69, 9.17) is 4.74 Å². The van der Waals surface area contributed by atoms with Crippen LogP contribution in [-0.2, 0) is 0 Å². The van der Waals surface area contributed by atoms with Gasteiger partial charge in [0.15, 0.2) is 0 Å². The van der Waals surface area contributed by atoms with Crippen molar-refractivity contribution >= 4 is 23.4 Å². The minimum Gasteiger partial charge on any atom is -0.494 e. The van der Waals surface area contributed by atoms with E-state index < -0.39 is 0 Å². The van der Waals surface area contributed by atoms with E-state index in [1.54, 1.807) is 23.9 Å². The zero-order valence-corrected chi connectivity index (χ0v) is 13.1. The first-order valence-corrected chi connectivity index (χ1v) is 7.99. The number of para-hydroxylation sites is 1. The third-order valence-electron chi connectivity index (χ3n) is 2.86. The average Bonchev–Trinajstić information content (AvgIpc) is 2.50.